The minimum Gasteiger partial charge on any atom is -0.446 e. The van der Waals surface area contributed by atoms with Gasteiger partial charge in [-0.3, -0.25) is 4.90 Å². The topological polar surface area (TPSA) is 29.5 Å². The van der Waals surface area contributed by atoms with Crippen molar-refractivity contribution in [2.24, 2.45) is 0 Å². The van der Waals surface area contributed by atoms with Crippen LogP contribution in [-0.4, -0.2) is 19.2 Å². The number of nitrogens with zero attached hydrogens (tertiary/aromatic N) is 1. The highest BCUT2D eigenvalue weighted by atomic mass is 16.6. The number of carbonyl (C=O) groups excluding carboxylic acids is 1. The smallest absolute Gasteiger partial charge is 0.414 e. The zero-order valence-corrected chi connectivity index (χ0v) is 10.3. The van der Waals surface area contributed by atoms with E-state index in [0.717, 1.165) is 18.5 Å². The lowest BCUT2D eigenvalue weighted by atomic mass is 9.98. The number of amides is 1. The number of benzene rings is 1. The van der Waals surface area contributed by atoms with Crippen LogP contribution >= 0.6 is 0 Å². The highest BCUT2D eigenvalue weighted by Crippen LogP contribution is 2.22. The predicted molar refractivity (Wildman–Crippen MR) is 68.2 cm³/mol. The SMILES string of the molecule is CN(C(=O)OC1CCCCC1)c1ccccc1. The normalized spacial score (nSPS) is 16.5. The van der Waals surface area contributed by atoms with Gasteiger partial charge in [-0.1, -0.05) is 24.6 Å². The van der Waals surface area contributed by atoms with Gasteiger partial charge < -0.3 is 4.74 Å². The molecule has 0 unspecified atom stereocenters. The minimum atomic E-state index is -0.247. The number of hydrogen-bond acceptors (Lipinski definition) is 2. The van der Waals surface area contributed by atoms with Gasteiger partial charge in [0, 0.05) is 12.7 Å². The largest absolute Gasteiger partial charge is 0.446 e. The summed E-state index contributed by atoms with van der Waals surface area (Å²) in [6.45, 7) is 0. The minimum absolute atomic E-state index is 0.113. The molecule has 1 amide bonds. The molecule has 1 fully saturated rings. The highest BCUT2D eigenvalue weighted by Gasteiger charge is 2.20. The molecule has 0 aromatic heterocycles. The summed E-state index contributed by atoms with van der Waals surface area (Å²) in [4.78, 5) is 13.5. The van der Waals surface area contributed by atoms with Crippen LogP contribution < -0.4 is 4.90 Å². The third-order valence-corrected chi connectivity index (χ3v) is 3.24. The first-order valence-corrected chi connectivity index (χ1v) is 6.27. The summed E-state index contributed by atoms with van der Waals surface area (Å²) >= 11 is 0. The molecule has 0 heterocycles. The molecule has 3 heteroatoms. The van der Waals surface area contributed by atoms with E-state index in [1.807, 2.05) is 30.3 Å². The quantitative estimate of drug-likeness (QED) is 0.781. The van der Waals surface area contributed by atoms with Crippen molar-refractivity contribution in [2.75, 3.05) is 11.9 Å². The summed E-state index contributed by atoms with van der Waals surface area (Å²) in [5.74, 6) is 0. The standard InChI is InChI=1S/C14H19NO2/c1-15(12-8-4-2-5-9-12)14(16)17-13-10-6-3-7-11-13/h2,4-5,8-9,13H,3,6-7,10-11H2,1H3. The Labute approximate surface area is 102 Å². The van der Waals surface area contributed by atoms with Crippen molar-refractivity contribution in [3.63, 3.8) is 0 Å². The molecule has 0 bridgehead atoms. The first kappa shape index (κ1) is 12.0. The molecule has 3 nitrogen and oxygen atoms in total. The number of rotatable bonds is 2. The van der Waals surface area contributed by atoms with Crippen molar-refractivity contribution in [3.8, 4) is 0 Å². The van der Waals surface area contributed by atoms with Crippen LogP contribution in [0.1, 0.15) is 32.1 Å². The van der Waals surface area contributed by atoms with Crippen LogP contribution in [0.25, 0.3) is 0 Å². The monoisotopic (exact) mass is 233 g/mol. The Hall–Kier alpha value is -1.51. The summed E-state index contributed by atoms with van der Waals surface area (Å²) in [6.07, 6.45) is 5.50. The van der Waals surface area contributed by atoms with Crippen LogP contribution in [0.15, 0.2) is 30.3 Å². The van der Waals surface area contributed by atoms with E-state index in [-0.39, 0.29) is 12.2 Å². The molecule has 1 saturated carbocycles. The predicted octanol–water partition coefficient (Wildman–Crippen LogP) is 3.59. The number of hydrogen-bond donors (Lipinski definition) is 0. The second-order valence-electron chi connectivity index (χ2n) is 4.54. The average molecular weight is 233 g/mol. The molecule has 2 rings (SSSR count). The number of ether oxygens (including phenoxy) is 1. The molecule has 0 N–H and O–H groups in total. The van der Waals surface area contributed by atoms with Gasteiger partial charge in [0.25, 0.3) is 0 Å². The Morgan fingerprint density at radius 1 is 1.18 bits per heavy atom. The molecule has 0 saturated heterocycles. The van der Waals surface area contributed by atoms with E-state index in [0.29, 0.717) is 0 Å². The Morgan fingerprint density at radius 2 is 1.82 bits per heavy atom. The molecule has 1 aliphatic carbocycles. The maximum atomic E-state index is 11.9. The highest BCUT2D eigenvalue weighted by molar-refractivity contribution is 5.86. The second kappa shape index (κ2) is 5.71. The van der Waals surface area contributed by atoms with Crippen molar-refractivity contribution < 1.29 is 9.53 Å². The van der Waals surface area contributed by atoms with Crippen LogP contribution in [0.5, 0.6) is 0 Å². The summed E-state index contributed by atoms with van der Waals surface area (Å²) in [5.41, 5.74) is 0.869. The molecule has 1 aliphatic rings. The molecule has 0 spiro atoms. The number of anilines is 1. The van der Waals surface area contributed by atoms with Gasteiger partial charge in [0.15, 0.2) is 0 Å². The molecule has 1 aromatic carbocycles. The molecule has 0 aliphatic heterocycles. The third kappa shape index (κ3) is 3.22. The van der Waals surface area contributed by atoms with E-state index in [2.05, 4.69) is 0 Å². The van der Waals surface area contributed by atoms with E-state index in [1.54, 1.807) is 11.9 Å². The molecule has 0 atom stereocenters. The van der Waals surface area contributed by atoms with Crippen molar-refractivity contribution in [1.82, 2.24) is 0 Å². The lowest BCUT2D eigenvalue weighted by Crippen LogP contribution is -2.31. The fraction of sp³-hybridized carbons (Fsp3) is 0.500. The van der Waals surface area contributed by atoms with Gasteiger partial charge in [-0.2, -0.15) is 0 Å². The van der Waals surface area contributed by atoms with E-state index >= 15 is 0 Å². The number of carbonyl (C=O) groups is 1. The van der Waals surface area contributed by atoms with Crippen molar-refractivity contribution in [2.45, 2.75) is 38.2 Å². The van der Waals surface area contributed by atoms with Gasteiger partial charge in [-0.25, -0.2) is 4.79 Å². The fourth-order valence-electron chi connectivity index (χ4n) is 2.16. The summed E-state index contributed by atoms with van der Waals surface area (Å²) < 4.78 is 5.49. The molecule has 1 aromatic rings. The van der Waals surface area contributed by atoms with Crippen molar-refractivity contribution in [3.05, 3.63) is 30.3 Å². The van der Waals surface area contributed by atoms with Crippen LogP contribution in [-0.2, 0) is 4.74 Å². The molecule has 17 heavy (non-hydrogen) atoms. The molecule has 0 radical (unpaired) electrons. The van der Waals surface area contributed by atoms with Gasteiger partial charge in [0.2, 0.25) is 0 Å². The Bertz CT molecular complexity index is 358. The molecule has 92 valence electrons. The zero-order valence-electron chi connectivity index (χ0n) is 10.3. The lowest BCUT2D eigenvalue weighted by Gasteiger charge is -2.25. The lowest BCUT2D eigenvalue weighted by molar-refractivity contribution is 0.0818. The maximum Gasteiger partial charge on any atom is 0.414 e. The van der Waals surface area contributed by atoms with Gasteiger partial charge in [-0.05, 0) is 37.8 Å². The van der Waals surface area contributed by atoms with Crippen molar-refractivity contribution >= 4 is 11.8 Å². The summed E-state index contributed by atoms with van der Waals surface area (Å²) in [6, 6.07) is 9.58. The van der Waals surface area contributed by atoms with E-state index < -0.39 is 0 Å². The average Bonchev–Trinajstić information content (AvgIpc) is 2.40. The van der Waals surface area contributed by atoms with E-state index in [1.165, 1.54) is 19.3 Å². The van der Waals surface area contributed by atoms with Gasteiger partial charge in [0.05, 0.1) is 0 Å². The summed E-state index contributed by atoms with van der Waals surface area (Å²) in [5, 5.41) is 0. The van der Waals surface area contributed by atoms with E-state index in [4.69, 9.17) is 4.74 Å². The van der Waals surface area contributed by atoms with Crippen LogP contribution in [0, 0.1) is 0 Å². The number of para-hydroxylation sites is 1. The van der Waals surface area contributed by atoms with Crippen LogP contribution in [0.4, 0.5) is 10.5 Å². The molecular formula is C14H19NO2. The van der Waals surface area contributed by atoms with Gasteiger partial charge in [0.1, 0.15) is 6.10 Å². The zero-order chi connectivity index (χ0) is 12.1. The van der Waals surface area contributed by atoms with E-state index in [9.17, 15) is 4.79 Å². The van der Waals surface area contributed by atoms with Crippen LogP contribution in [0.2, 0.25) is 0 Å². The van der Waals surface area contributed by atoms with Gasteiger partial charge >= 0.3 is 6.09 Å². The van der Waals surface area contributed by atoms with Gasteiger partial charge in [-0.15, -0.1) is 0 Å². The first-order valence-electron chi connectivity index (χ1n) is 6.27. The third-order valence-electron chi connectivity index (χ3n) is 3.24. The van der Waals surface area contributed by atoms with Crippen molar-refractivity contribution in [1.29, 1.82) is 0 Å². The Balaban J connectivity index is 1.91. The second-order valence-corrected chi connectivity index (χ2v) is 4.54. The Kier molecular flexibility index (Phi) is 4.02. The fourth-order valence-corrected chi connectivity index (χ4v) is 2.16. The summed E-state index contributed by atoms with van der Waals surface area (Å²) in [7, 11) is 1.75. The van der Waals surface area contributed by atoms with Crippen LogP contribution in [0.3, 0.4) is 0 Å². The first-order chi connectivity index (χ1) is 8.27. The Morgan fingerprint density at radius 3 is 2.47 bits per heavy atom. The molecular weight excluding hydrogens is 214 g/mol. The maximum absolute atomic E-state index is 11.9.